The molecule has 5 nitrogen and oxygen atoms in total. The normalized spacial score (nSPS) is 15.0. The molecule has 1 fully saturated rings. The Kier molecular flexibility index (Phi) is 6.09. The van der Waals surface area contributed by atoms with Crippen molar-refractivity contribution in [3.8, 4) is 17.1 Å². The molecule has 1 saturated carbocycles. The Morgan fingerprint density at radius 1 is 1.13 bits per heavy atom. The van der Waals surface area contributed by atoms with E-state index in [1.165, 1.54) is 23.9 Å². The number of aryl methyl sites for hydroxylation is 3. The van der Waals surface area contributed by atoms with Crippen molar-refractivity contribution in [2.45, 2.75) is 59.4 Å². The molecule has 0 spiro atoms. The predicted octanol–water partition coefficient (Wildman–Crippen LogP) is 5.66. The lowest BCUT2D eigenvalue weighted by Crippen LogP contribution is -2.13. The minimum Gasteiger partial charge on any atom is -0.477 e. The van der Waals surface area contributed by atoms with Crippen LogP contribution in [-0.4, -0.2) is 34.9 Å². The van der Waals surface area contributed by atoms with Gasteiger partial charge in [0.1, 0.15) is 0 Å². The molecule has 3 heterocycles. The standard InChI is InChI=1S/C25H33N3O2/c1-6-19(15-29-5)28-13-17(4)25-22(28)12-16(3)24(27-25)20-10-11-23(26-21(20)7-2)30-14-18-8-9-18/h10-13,18-19H,6-9,14-15H2,1-5H3. The van der Waals surface area contributed by atoms with Crippen LogP contribution in [0.4, 0.5) is 0 Å². The molecule has 1 atom stereocenters. The van der Waals surface area contributed by atoms with Crippen molar-refractivity contribution in [3.63, 3.8) is 0 Å². The Morgan fingerprint density at radius 3 is 2.60 bits per heavy atom. The van der Waals surface area contributed by atoms with Crippen molar-refractivity contribution in [2.24, 2.45) is 5.92 Å². The van der Waals surface area contributed by atoms with E-state index in [-0.39, 0.29) is 0 Å². The maximum atomic E-state index is 5.90. The van der Waals surface area contributed by atoms with E-state index in [2.05, 4.69) is 50.6 Å². The summed E-state index contributed by atoms with van der Waals surface area (Å²) in [5.41, 5.74) is 7.75. The van der Waals surface area contributed by atoms with Gasteiger partial charge < -0.3 is 14.0 Å². The second kappa shape index (κ2) is 8.76. The van der Waals surface area contributed by atoms with Crippen LogP contribution in [0.5, 0.6) is 5.88 Å². The zero-order valence-electron chi connectivity index (χ0n) is 18.9. The third kappa shape index (κ3) is 4.08. The Balaban J connectivity index is 1.73. The van der Waals surface area contributed by atoms with Crippen LogP contribution in [0.25, 0.3) is 22.3 Å². The van der Waals surface area contributed by atoms with Crippen molar-refractivity contribution in [1.82, 2.24) is 14.5 Å². The maximum Gasteiger partial charge on any atom is 0.213 e. The van der Waals surface area contributed by atoms with Gasteiger partial charge in [0.25, 0.3) is 0 Å². The summed E-state index contributed by atoms with van der Waals surface area (Å²) in [5.74, 6) is 1.45. The number of hydrogen-bond acceptors (Lipinski definition) is 4. The van der Waals surface area contributed by atoms with Crippen LogP contribution in [0.2, 0.25) is 0 Å². The smallest absolute Gasteiger partial charge is 0.213 e. The number of aromatic nitrogens is 3. The fourth-order valence-corrected chi connectivity index (χ4v) is 4.12. The van der Waals surface area contributed by atoms with Crippen LogP contribution in [0.1, 0.15) is 56.0 Å². The lowest BCUT2D eigenvalue weighted by Gasteiger charge is -2.18. The van der Waals surface area contributed by atoms with Crippen molar-refractivity contribution < 1.29 is 9.47 Å². The third-order valence-electron chi connectivity index (χ3n) is 6.10. The zero-order valence-corrected chi connectivity index (χ0v) is 18.9. The average molecular weight is 408 g/mol. The summed E-state index contributed by atoms with van der Waals surface area (Å²) < 4.78 is 13.7. The summed E-state index contributed by atoms with van der Waals surface area (Å²) in [5, 5.41) is 0. The Labute approximate surface area is 179 Å². The topological polar surface area (TPSA) is 49.2 Å². The number of nitrogens with zero attached hydrogens (tertiary/aromatic N) is 3. The van der Waals surface area contributed by atoms with E-state index in [4.69, 9.17) is 19.4 Å². The molecule has 4 rings (SSSR count). The molecule has 160 valence electrons. The van der Waals surface area contributed by atoms with Gasteiger partial charge in [-0.05, 0) is 68.7 Å². The lowest BCUT2D eigenvalue weighted by atomic mass is 10.0. The average Bonchev–Trinajstić information content (AvgIpc) is 3.53. The highest BCUT2D eigenvalue weighted by Gasteiger charge is 2.23. The van der Waals surface area contributed by atoms with Gasteiger partial charge in [-0.3, -0.25) is 0 Å². The molecule has 5 heteroatoms. The molecule has 0 bridgehead atoms. The quantitative estimate of drug-likeness (QED) is 0.459. The van der Waals surface area contributed by atoms with Gasteiger partial charge in [0.2, 0.25) is 5.88 Å². The highest BCUT2D eigenvalue weighted by Crippen LogP contribution is 2.33. The van der Waals surface area contributed by atoms with Gasteiger partial charge >= 0.3 is 0 Å². The third-order valence-corrected chi connectivity index (χ3v) is 6.10. The molecule has 0 radical (unpaired) electrons. The molecular formula is C25H33N3O2. The van der Waals surface area contributed by atoms with E-state index in [0.717, 1.165) is 59.3 Å². The highest BCUT2D eigenvalue weighted by molar-refractivity contribution is 5.84. The van der Waals surface area contributed by atoms with Gasteiger partial charge in [-0.1, -0.05) is 13.8 Å². The van der Waals surface area contributed by atoms with Crippen LogP contribution in [-0.2, 0) is 11.2 Å². The molecule has 0 aliphatic heterocycles. The molecule has 30 heavy (non-hydrogen) atoms. The molecule has 0 amide bonds. The largest absolute Gasteiger partial charge is 0.477 e. The van der Waals surface area contributed by atoms with E-state index in [9.17, 15) is 0 Å². The molecule has 1 aliphatic rings. The first-order valence-corrected chi connectivity index (χ1v) is 11.2. The van der Waals surface area contributed by atoms with Gasteiger partial charge in [-0.15, -0.1) is 0 Å². The fourth-order valence-electron chi connectivity index (χ4n) is 4.12. The van der Waals surface area contributed by atoms with Gasteiger partial charge in [0.15, 0.2) is 0 Å². The molecule has 0 N–H and O–H groups in total. The summed E-state index contributed by atoms with van der Waals surface area (Å²) in [7, 11) is 1.76. The number of ether oxygens (including phenoxy) is 2. The molecule has 0 aromatic carbocycles. The number of hydrogen-bond donors (Lipinski definition) is 0. The number of rotatable bonds is 9. The summed E-state index contributed by atoms with van der Waals surface area (Å²) in [6.45, 7) is 10.1. The number of methoxy groups -OCH3 is 1. The van der Waals surface area contributed by atoms with E-state index in [1.807, 2.05) is 6.07 Å². The monoisotopic (exact) mass is 407 g/mol. The van der Waals surface area contributed by atoms with Crippen molar-refractivity contribution in [3.05, 3.63) is 41.2 Å². The summed E-state index contributed by atoms with van der Waals surface area (Å²) >= 11 is 0. The number of fused-ring (bicyclic) bond motifs is 1. The first kappa shape index (κ1) is 20.9. The van der Waals surface area contributed by atoms with Gasteiger partial charge in [0.05, 0.1) is 41.7 Å². The first-order valence-electron chi connectivity index (χ1n) is 11.2. The van der Waals surface area contributed by atoms with E-state index >= 15 is 0 Å². The molecule has 3 aromatic heterocycles. The van der Waals surface area contributed by atoms with Gasteiger partial charge in [0, 0.05) is 24.9 Å². The molecule has 3 aromatic rings. The fraction of sp³-hybridized carbons (Fsp3) is 0.520. The van der Waals surface area contributed by atoms with Crippen LogP contribution in [0.15, 0.2) is 24.4 Å². The number of pyridine rings is 2. The Bertz CT molecular complexity index is 1040. The molecule has 1 aliphatic carbocycles. The van der Waals surface area contributed by atoms with Crippen LogP contribution in [0.3, 0.4) is 0 Å². The van der Waals surface area contributed by atoms with Crippen LogP contribution < -0.4 is 4.74 Å². The maximum absolute atomic E-state index is 5.90. The zero-order chi connectivity index (χ0) is 21.3. The molecule has 1 unspecified atom stereocenters. The predicted molar refractivity (Wildman–Crippen MR) is 121 cm³/mol. The van der Waals surface area contributed by atoms with Gasteiger partial charge in [-0.25, -0.2) is 9.97 Å². The van der Waals surface area contributed by atoms with Crippen molar-refractivity contribution >= 4 is 11.0 Å². The Hall–Kier alpha value is -2.40. The summed E-state index contributed by atoms with van der Waals surface area (Å²) in [6.07, 6.45) is 6.64. The van der Waals surface area contributed by atoms with Crippen LogP contribution in [0, 0.1) is 19.8 Å². The Morgan fingerprint density at radius 2 is 1.93 bits per heavy atom. The minimum absolute atomic E-state index is 0.314. The second-order valence-corrected chi connectivity index (χ2v) is 8.51. The van der Waals surface area contributed by atoms with E-state index in [1.54, 1.807) is 7.11 Å². The van der Waals surface area contributed by atoms with Crippen LogP contribution >= 0.6 is 0 Å². The molecular weight excluding hydrogens is 374 g/mol. The highest BCUT2D eigenvalue weighted by atomic mass is 16.5. The summed E-state index contributed by atoms with van der Waals surface area (Å²) in [4.78, 5) is 9.92. The van der Waals surface area contributed by atoms with Crippen molar-refractivity contribution in [2.75, 3.05) is 20.3 Å². The second-order valence-electron chi connectivity index (χ2n) is 8.51. The lowest BCUT2D eigenvalue weighted by molar-refractivity contribution is 0.155. The van der Waals surface area contributed by atoms with E-state index < -0.39 is 0 Å². The SMILES string of the molecule is CCc1nc(OCC2CC2)ccc1-c1nc2c(C)cn(C(CC)COC)c2cc1C. The van der Waals surface area contributed by atoms with E-state index in [0.29, 0.717) is 12.6 Å². The minimum atomic E-state index is 0.314. The summed E-state index contributed by atoms with van der Waals surface area (Å²) in [6, 6.07) is 6.70. The molecule has 0 saturated heterocycles. The van der Waals surface area contributed by atoms with Gasteiger partial charge in [-0.2, -0.15) is 0 Å². The van der Waals surface area contributed by atoms with Crippen molar-refractivity contribution in [1.29, 1.82) is 0 Å². The first-order chi connectivity index (χ1) is 14.5.